The molecule has 5 aliphatic rings. The number of nitrogens with zero attached hydrogens (tertiary/aromatic N) is 1. The third kappa shape index (κ3) is 2.51. The van der Waals surface area contributed by atoms with Crippen molar-refractivity contribution in [3.05, 3.63) is 71.3 Å². The molecule has 3 fully saturated rings. The molecule has 0 spiro atoms. The minimum atomic E-state index is -0.307. The van der Waals surface area contributed by atoms with Gasteiger partial charge in [-0.1, -0.05) is 29.8 Å². The van der Waals surface area contributed by atoms with Gasteiger partial charge in [0, 0.05) is 16.3 Å². The Bertz CT molecular complexity index is 1090. The molecule has 3 amide bonds. The molecule has 7 rings (SSSR count). The first kappa shape index (κ1) is 17.9. The molecule has 2 bridgehead atoms. The molecule has 0 unspecified atom stereocenters. The van der Waals surface area contributed by atoms with E-state index in [2.05, 4.69) is 17.5 Å². The van der Waals surface area contributed by atoms with Crippen molar-refractivity contribution in [1.29, 1.82) is 0 Å². The van der Waals surface area contributed by atoms with E-state index in [1.54, 1.807) is 48.5 Å². The van der Waals surface area contributed by atoms with Crippen LogP contribution in [0.15, 0.2) is 60.7 Å². The standard InChI is InChI=1S/C24H19ClN2O3/c25-13-4-6-14(7-5-13)26-22(28)12-2-1-3-15(10-12)27-23(29)20-16-8-9-17(19-11-18(16)19)21(20)24(27)30/h1-10,16-21H,11H2,(H,26,28)/t16-,17+,18-,19-,20+,21+/m1/s1. The van der Waals surface area contributed by atoms with Crippen LogP contribution in [0.1, 0.15) is 16.8 Å². The van der Waals surface area contributed by atoms with Gasteiger partial charge in [0.1, 0.15) is 0 Å². The summed E-state index contributed by atoms with van der Waals surface area (Å²) in [6.45, 7) is 0. The van der Waals surface area contributed by atoms with Gasteiger partial charge in [-0.25, -0.2) is 4.90 Å². The Labute approximate surface area is 178 Å². The van der Waals surface area contributed by atoms with Crippen molar-refractivity contribution in [3.8, 4) is 0 Å². The number of nitrogens with one attached hydrogen (secondary N) is 1. The van der Waals surface area contributed by atoms with Gasteiger partial charge in [0.05, 0.1) is 17.5 Å². The number of hydrogen-bond donors (Lipinski definition) is 1. The first-order valence-corrected chi connectivity index (χ1v) is 10.6. The maximum atomic E-state index is 13.3. The molecule has 2 aromatic carbocycles. The average molecular weight is 419 g/mol. The molecule has 1 aliphatic heterocycles. The molecule has 1 N–H and O–H groups in total. The van der Waals surface area contributed by atoms with Crippen LogP contribution in [-0.4, -0.2) is 17.7 Å². The number of carbonyl (C=O) groups excluding carboxylic acids is 3. The van der Waals surface area contributed by atoms with Crippen molar-refractivity contribution in [3.63, 3.8) is 0 Å². The highest BCUT2D eigenvalue weighted by Crippen LogP contribution is 2.65. The lowest BCUT2D eigenvalue weighted by atomic mass is 9.63. The molecule has 30 heavy (non-hydrogen) atoms. The van der Waals surface area contributed by atoms with Gasteiger partial charge in [0.15, 0.2) is 0 Å². The largest absolute Gasteiger partial charge is 0.322 e. The Morgan fingerprint density at radius 3 is 2.20 bits per heavy atom. The molecule has 0 aromatic heterocycles. The fourth-order valence-electron chi connectivity index (χ4n) is 5.73. The van der Waals surface area contributed by atoms with E-state index >= 15 is 0 Å². The number of anilines is 2. The van der Waals surface area contributed by atoms with Gasteiger partial charge in [-0.15, -0.1) is 0 Å². The average Bonchev–Trinajstić information content (AvgIpc) is 3.53. The maximum Gasteiger partial charge on any atom is 0.255 e. The number of rotatable bonds is 3. The van der Waals surface area contributed by atoms with Crippen LogP contribution in [0.25, 0.3) is 0 Å². The molecular weight excluding hydrogens is 400 g/mol. The van der Waals surface area contributed by atoms with Gasteiger partial charge in [0.25, 0.3) is 5.91 Å². The van der Waals surface area contributed by atoms with Crippen molar-refractivity contribution >= 4 is 40.7 Å². The molecule has 2 saturated carbocycles. The van der Waals surface area contributed by atoms with Gasteiger partial charge in [0.2, 0.25) is 11.8 Å². The maximum absolute atomic E-state index is 13.3. The van der Waals surface area contributed by atoms with Crippen molar-refractivity contribution in [1.82, 2.24) is 0 Å². The van der Waals surface area contributed by atoms with Crippen LogP contribution in [0.4, 0.5) is 11.4 Å². The summed E-state index contributed by atoms with van der Waals surface area (Å²) in [6, 6.07) is 13.6. The Hall–Kier alpha value is -2.92. The highest BCUT2D eigenvalue weighted by molar-refractivity contribution is 6.30. The number of allylic oxidation sites excluding steroid dienone is 2. The second kappa shape index (κ2) is 6.29. The number of amides is 3. The molecular formula is C24H19ClN2O3. The SMILES string of the molecule is O=C(Nc1ccc(Cl)cc1)c1cccc(N2C(=O)[C@H]3[C@@H]4C=C[C@@H]([C@H]5C[C@H]45)[C@@H]3C2=O)c1. The van der Waals surface area contributed by atoms with Crippen LogP contribution >= 0.6 is 11.6 Å². The van der Waals surface area contributed by atoms with Crippen LogP contribution in [0.5, 0.6) is 0 Å². The summed E-state index contributed by atoms with van der Waals surface area (Å²) >= 11 is 5.89. The van der Waals surface area contributed by atoms with E-state index in [1.165, 1.54) is 4.90 Å². The smallest absolute Gasteiger partial charge is 0.255 e. The molecule has 4 aliphatic carbocycles. The summed E-state index contributed by atoms with van der Waals surface area (Å²) < 4.78 is 0. The zero-order valence-electron chi connectivity index (χ0n) is 16.0. The molecule has 1 saturated heterocycles. The van der Waals surface area contributed by atoms with E-state index < -0.39 is 0 Å². The fourth-order valence-corrected chi connectivity index (χ4v) is 5.86. The Morgan fingerprint density at radius 2 is 1.57 bits per heavy atom. The molecule has 150 valence electrons. The normalized spacial score (nSPS) is 32.8. The van der Waals surface area contributed by atoms with Crippen LogP contribution < -0.4 is 10.2 Å². The van der Waals surface area contributed by atoms with E-state index in [0.29, 0.717) is 33.8 Å². The molecule has 2 aromatic rings. The van der Waals surface area contributed by atoms with Gasteiger partial charge in [-0.2, -0.15) is 0 Å². The van der Waals surface area contributed by atoms with E-state index in [-0.39, 0.29) is 41.4 Å². The van der Waals surface area contributed by atoms with Crippen LogP contribution in [0.3, 0.4) is 0 Å². The lowest BCUT2D eigenvalue weighted by Crippen LogP contribution is -2.40. The fraction of sp³-hybridized carbons (Fsp3) is 0.292. The minimum absolute atomic E-state index is 0.120. The Morgan fingerprint density at radius 1 is 0.933 bits per heavy atom. The van der Waals surface area contributed by atoms with Gasteiger partial charge >= 0.3 is 0 Å². The third-order valence-electron chi connectivity index (χ3n) is 7.13. The number of halogens is 1. The Balaban J connectivity index is 1.28. The highest BCUT2D eigenvalue weighted by atomic mass is 35.5. The summed E-state index contributed by atoms with van der Waals surface area (Å²) in [6.07, 6.45) is 5.45. The van der Waals surface area contributed by atoms with Crippen molar-refractivity contribution in [2.75, 3.05) is 10.2 Å². The van der Waals surface area contributed by atoms with Crippen molar-refractivity contribution in [2.45, 2.75) is 6.42 Å². The van der Waals surface area contributed by atoms with Gasteiger partial charge < -0.3 is 5.32 Å². The molecule has 0 radical (unpaired) electrons. The predicted octanol–water partition coefficient (Wildman–Crippen LogP) is 4.15. The van der Waals surface area contributed by atoms with Crippen molar-refractivity contribution in [2.24, 2.45) is 35.5 Å². The van der Waals surface area contributed by atoms with Crippen molar-refractivity contribution < 1.29 is 14.4 Å². The lowest BCUT2D eigenvalue weighted by molar-refractivity contribution is -0.124. The summed E-state index contributed by atoms with van der Waals surface area (Å²) in [5, 5.41) is 3.40. The summed E-state index contributed by atoms with van der Waals surface area (Å²) in [5.74, 6) is 0.453. The second-order valence-electron chi connectivity index (χ2n) is 8.68. The Kier molecular flexibility index (Phi) is 3.75. The summed E-state index contributed by atoms with van der Waals surface area (Å²) in [5.41, 5.74) is 1.48. The minimum Gasteiger partial charge on any atom is -0.322 e. The zero-order chi connectivity index (χ0) is 20.6. The monoisotopic (exact) mass is 418 g/mol. The van der Waals surface area contributed by atoms with Crippen LogP contribution in [0.2, 0.25) is 5.02 Å². The predicted molar refractivity (Wildman–Crippen MR) is 113 cm³/mol. The van der Waals surface area contributed by atoms with E-state index in [4.69, 9.17) is 11.6 Å². The number of benzene rings is 2. The first-order valence-electron chi connectivity index (χ1n) is 10.3. The molecule has 6 heteroatoms. The number of hydrogen-bond acceptors (Lipinski definition) is 3. The van der Waals surface area contributed by atoms with E-state index in [0.717, 1.165) is 6.42 Å². The van der Waals surface area contributed by atoms with Gasteiger partial charge in [-0.05, 0) is 72.6 Å². The van der Waals surface area contributed by atoms with Crippen LogP contribution in [-0.2, 0) is 9.59 Å². The summed E-state index contributed by atoms with van der Waals surface area (Å²) in [7, 11) is 0. The molecule has 6 atom stereocenters. The van der Waals surface area contributed by atoms with Crippen LogP contribution in [0, 0.1) is 35.5 Å². The highest BCUT2D eigenvalue weighted by Gasteiger charge is 2.67. The topological polar surface area (TPSA) is 66.5 Å². The number of imide groups is 1. The van der Waals surface area contributed by atoms with Gasteiger partial charge in [-0.3, -0.25) is 14.4 Å². The quantitative estimate of drug-likeness (QED) is 0.601. The van der Waals surface area contributed by atoms with E-state index in [1.807, 2.05) is 0 Å². The molecule has 5 nitrogen and oxygen atoms in total. The first-order chi connectivity index (χ1) is 14.5. The second-order valence-corrected chi connectivity index (χ2v) is 9.11. The molecule has 1 heterocycles. The van der Waals surface area contributed by atoms with E-state index in [9.17, 15) is 14.4 Å². The third-order valence-corrected chi connectivity index (χ3v) is 7.38. The number of carbonyl (C=O) groups is 3. The summed E-state index contributed by atoms with van der Waals surface area (Å²) in [4.78, 5) is 40.5. The zero-order valence-corrected chi connectivity index (χ0v) is 16.8. The lowest BCUT2D eigenvalue weighted by Gasteiger charge is -2.37.